The van der Waals surface area contributed by atoms with Gasteiger partial charge < -0.3 is 5.32 Å². The van der Waals surface area contributed by atoms with Gasteiger partial charge in [0.25, 0.3) is 10.0 Å². The summed E-state index contributed by atoms with van der Waals surface area (Å²) in [6, 6.07) is 13.7. The van der Waals surface area contributed by atoms with E-state index in [0.717, 1.165) is 19.6 Å². The van der Waals surface area contributed by atoms with Gasteiger partial charge in [-0.05, 0) is 62.7 Å². The zero-order valence-electron chi connectivity index (χ0n) is 16.3. The standard InChI is InChI=1S/C21H24N4O3S/c1-15(22-20-18-6-2-3-7-19(18)29(27,28)24-20)21(26)23-17-10-8-16(9-11-17)14-25-12-4-5-13-25/h2-3,6-11,15H,4-5,12-14H2,1H3,(H,22,24)(H,23,26). The molecule has 29 heavy (non-hydrogen) atoms. The van der Waals surface area contributed by atoms with Gasteiger partial charge in [0, 0.05) is 17.8 Å². The lowest BCUT2D eigenvalue weighted by atomic mass is 10.2. The summed E-state index contributed by atoms with van der Waals surface area (Å²) in [5.74, 6) is -0.0995. The SMILES string of the molecule is CC(N=C1NS(=O)(=O)c2ccccc21)C(=O)Nc1ccc(CN2CCCC2)cc1. The number of sulfonamides is 1. The number of fused-ring (bicyclic) bond motifs is 1. The average Bonchev–Trinajstić information content (AvgIpc) is 3.30. The van der Waals surface area contributed by atoms with Gasteiger partial charge in [0.2, 0.25) is 5.91 Å². The van der Waals surface area contributed by atoms with Gasteiger partial charge in [-0.15, -0.1) is 0 Å². The highest BCUT2D eigenvalue weighted by Gasteiger charge is 2.31. The van der Waals surface area contributed by atoms with Crippen molar-refractivity contribution in [3.05, 3.63) is 59.7 Å². The topological polar surface area (TPSA) is 90.9 Å². The number of likely N-dealkylation sites (tertiary alicyclic amines) is 1. The molecule has 0 spiro atoms. The van der Waals surface area contributed by atoms with E-state index in [1.807, 2.05) is 24.3 Å². The molecule has 4 rings (SSSR count). The molecule has 1 amide bonds. The van der Waals surface area contributed by atoms with Crippen LogP contribution in [0.4, 0.5) is 5.69 Å². The summed E-state index contributed by atoms with van der Waals surface area (Å²) in [6.07, 6.45) is 2.52. The van der Waals surface area contributed by atoms with Crippen molar-refractivity contribution in [3.63, 3.8) is 0 Å². The normalized spacial score (nSPS) is 20.2. The van der Waals surface area contributed by atoms with Gasteiger partial charge >= 0.3 is 0 Å². The number of nitrogens with one attached hydrogen (secondary N) is 2. The van der Waals surface area contributed by atoms with E-state index in [-0.39, 0.29) is 16.6 Å². The van der Waals surface area contributed by atoms with Crippen LogP contribution in [-0.4, -0.2) is 44.2 Å². The average molecular weight is 413 g/mol. The maximum absolute atomic E-state index is 12.5. The molecule has 2 aromatic rings. The molecule has 2 aliphatic heterocycles. The Kier molecular flexibility index (Phi) is 5.38. The first kappa shape index (κ1) is 19.6. The van der Waals surface area contributed by atoms with Crippen LogP contribution < -0.4 is 10.0 Å². The van der Waals surface area contributed by atoms with Gasteiger partial charge in [-0.2, -0.15) is 0 Å². The van der Waals surface area contributed by atoms with Crippen LogP contribution in [0.15, 0.2) is 58.4 Å². The Balaban J connectivity index is 1.42. The number of nitrogens with zero attached hydrogens (tertiary/aromatic N) is 2. The van der Waals surface area contributed by atoms with Gasteiger partial charge in [0.15, 0.2) is 0 Å². The van der Waals surface area contributed by atoms with Gasteiger partial charge in [-0.25, -0.2) is 8.42 Å². The number of amidine groups is 1. The monoisotopic (exact) mass is 412 g/mol. The lowest BCUT2D eigenvalue weighted by Crippen LogP contribution is -2.28. The molecule has 1 saturated heterocycles. The van der Waals surface area contributed by atoms with Crippen molar-refractivity contribution in [1.29, 1.82) is 0 Å². The summed E-state index contributed by atoms with van der Waals surface area (Å²) in [4.78, 5) is 19.4. The Morgan fingerprint density at radius 1 is 1.14 bits per heavy atom. The van der Waals surface area contributed by atoms with Crippen molar-refractivity contribution >= 4 is 27.5 Å². The third-order valence-corrected chi connectivity index (χ3v) is 6.59. The van der Waals surface area contributed by atoms with E-state index >= 15 is 0 Å². The lowest BCUT2D eigenvalue weighted by Gasteiger charge is -2.15. The highest BCUT2D eigenvalue weighted by Crippen LogP contribution is 2.23. The third kappa shape index (κ3) is 4.33. The molecule has 0 aromatic heterocycles. The number of aliphatic imine (C=N–C) groups is 1. The zero-order valence-corrected chi connectivity index (χ0v) is 17.1. The quantitative estimate of drug-likeness (QED) is 0.789. The summed E-state index contributed by atoms with van der Waals surface area (Å²) in [6.45, 7) is 4.85. The van der Waals surface area contributed by atoms with E-state index in [2.05, 4.69) is 19.9 Å². The molecule has 2 aliphatic rings. The Morgan fingerprint density at radius 3 is 2.55 bits per heavy atom. The van der Waals surface area contributed by atoms with E-state index in [0.29, 0.717) is 11.3 Å². The van der Waals surface area contributed by atoms with Crippen molar-refractivity contribution in [3.8, 4) is 0 Å². The molecule has 2 N–H and O–H groups in total. The van der Waals surface area contributed by atoms with Crippen LogP contribution in [0.1, 0.15) is 30.9 Å². The first-order chi connectivity index (χ1) is 13.9. The number of hydrogen-bond donors (Lipinski definition) is 2. The van der Waals surface area contributed by atoms with Crippen molar-refractivity contribution in [2.75, 3.05) is 18.4 Å². The molecule has 1 fully saturated rings. The minimum Gasteiger partial charge on any atom is -0.324 e. The fourth-order valence-corrected chi connectivity index (χ4v) is 4.86. The number of hydrogen-bond acceptors (Lipinski definition) is 5. The van der Waals surface area contributed by atoms with Crippen LogP contribution in [0.5, 0.6) is 0 Å². The molecule has 2 aromatic carbocycles. The number of carbonyl (C=O) groups excluding carboxylic acids is 1. The summed E-state index contributed by atoms with van der Waals surface area (Å²) in [7, 11) is -3.62. The molecule has 0 radical (unpaired) electrons. The van der Waals surface area contributed by atoms with Gasteiger partial charge in [0.1, 0.15) is 11.9 Å². The van der Waals surface area contributed by atoms with Crippen LogP contribution in [0.25, 0.3) is 0 Å². The molecule has 0 saturated carbocycles. The van der Waals surface area contributed by atoms with Gasteiger partial charge in [-0.1, -0.05) is 24.3 Å². The highest BCUT2D eigenvalue weighted by molar-refractivity contribution is 7.90. The van der Waals surface area contributed by atoms with E-state index < -0.39 is 16.1 Å². The van der Waals surface area contributed by atoms with E-state index in [1.165, 1.54) is 24.5 Å². The predicted octanol–water partition coefficient (Wildman–Crippen LogP) is 2.35. The fraction of sp³-hybridized carbons (Fsp3) is 0.333. The van der Waals surface area contributed by atoms with Crippen LogP contribution in [0, 0.1) is 0 Å². The van der Waals surface area contributed by atoms with Crippen LogP contribution >= 0.6 is 0 Å². The molecule has 1 unspecified atom stereocenters. The van der Waals surface area contributed by atoms with E-state index in [9.17, 15) is 13.2 Å². The molecule has 2 heterocycles. The summed E-state index contributed by atoms with van der Waals surface area (Å²) in [5, 5.41) is 2.84. The second-order valence-electron chi connectivity index (χ2n) is 7.42. The number of anilines is 1. The van der Waals surface area contributed by atoms with Gasteiger partial charge in [0.05, 0.1) is 4.90 Å². The molecule has 1 atom stereocenters. The van der Waals surface area contributed by atoms with Crippen LogP contribution in [-0.2, 0) is 21.4 Å². The Bertz CT molecular complexity index is 1040. The number of rotatable bonds is 5. The van der Waals surface area contributed by atoms with E-state index in [4.69, 9.17) is 0 Å². The largest absolute Gasteiger partial charge is 0.324 e. The minimum absolute atomic E-state index is 0.181. The maximum Gasteiger partial charge on any atom is 0.263 e. The minimum atomic E-state index is -3.62. The first-order valence-corrected chi connectivity index (χ1v) is 11.2. The van der Waals surface area contributed by atoms with Crippen molar-refractivity contribution in [1.82, 2.24) is 9.62 Å². The molecule has 7 nitrogen and oxygen atoms in total. The Morgan fingerprint density at radius 2 is 1.83 bits per heavy atom. The zero-order chi connectivity index (χ0) is 20.4. The van der Waals surface area contributed by atoms with Crippen LogP contribution in [0.2, 0.25) is 0 Å². The third-order valence-electron chi connectivity index (χ3n) is 5.19. The van der Waals surface area contributed by atoms with E-state index in [1.54, 1.807) is 25.1 Å². The molecule has 0 bridgehead atoms. The van der Waals surface area contributed by atoms with Crippen LogP contribution in [0.3, 0.4) is 0 Å². The second-order valence-corrected chi connectivity index (χ2v) is 9.08. The fourth-order valence-electron chi connectivity index (χ4n) is 3.62. The first-order valence-electron chi connectivity index (χ1n) is 9.74. The number of amides is 1. The van der Waals surface area contributed by atoms with Gasteiger partial charge in [-0.3, -0.25) is 19.4 Å². The maximum atomic E-state index is 12.5. The summed E-state index contributed by atoms with van der Waals surface area (Å²) < 4.78 is 26.8. The smallest absolute Gasteiger partial charge is 0.263 e. The number of carbonyl (C=O) groups is 1. The highest BCUT2D eigenvalue weighted by atomic mass is 32.2. The Labute approximate surface area is 170 Å². The molecular weight excluding hydrogens is 388 g/mol. The molecule has 152 valence electrons. The Hall–Kier alpha value is -2.71. The number of benzene rings is 2. The lowest BCUT2D eigenvalue weighted by molar-refractivity contribution is -0.117. The van der Waals surface area contributed by atoms with Crippen molar-refractivity contribution in [2.24, 2.45) is 4.99 Å². The second kappa shape index (κ2) is 7.96. The molecule has 0 aliphatic carbocycles. The molecular formula is C21H24N4O3S. The molecule has 8 heteroatoms. The predicted molar refractivity (Wildman–Crippen MR) is 112 cm³/mol. The summed E-state index contributed by atoms with van der Waals surface area (Å²) in [5.41, 5.74) is 2.40. The summed E-state index contributed by atoms with van der Waals surface area (Å²) >= 11 is 0. The van der Waals surface area contributed by atoms with Crippen molar-refractivity contribution in [2.45, 2.75) is 37.2 Å². The van der Waals surface area contributed by atoms with Crippen molar-refractivity contribution < 1.29 is 13.2 Å².